The normalized spacial score (nSPS) is 24.0. The van der Waals surface area contributed by atoms with E-state index in [0.717, 1.165) is 24.8 Å². The van der Waals surface area contributed by atoms with Gasteiger partial charge < -0.3 is 10.6 Å². The molecule has 2 unspecified atom stereocenters. The first-order valence-corrected chi connectivity index (χ1v) is 10.3. The van der Waals surface area contributed by atoms with Crippen molar-refractivity contribution >= 4 is 11.8 Å². The highest BCUT2D eigenvalue weighted by Crippen LogP contribution is 2.24. The van der Waals surface area contributed by atoms with Crippen molar-refractivity contribution in [2.75, 3.05) is 0 Å². The number of amides is 2. The van der Waals surface area contributed by atoms with E-state index in [9.17, 15) is 9.59 Å². The van der Waals surface area contributed by atoms with Gasteiger partial charge in [0.05, 0.1) is 0 Å². The quantitative estimate of drug-likeness (QED) is 0.831. The van der Waals surface area contributed by atoms with E-state index in [1.165, 1.54) is 38.5 Å². The number of hydrogen-bond donors (Lipinski definition) is 2. The average molecular weight is 357 g/mol. The minimum Gasteiger partial charge on any atom is -0.352 e. The van der Waals surface area contributed by atoms with Gasteiger partial charge in [-0.2, -0.15) is 0 Å². The summed E-state index contributed by atoms with van der Waals surface area (Å²) in [6.07, 6.45) is 10.4. The Kier molecular flexibility index (Phi) is 6.70. The minimum atomic E-state index is 0.0153. The monoisotopic (exact) mass is 356 g/mol. The van der Waals surface area contributed by atoms with Crippen molar-refractivity contribution in [1.29, 1.82) is 0 Å². The van der Waals surface area contributed by atoms with Crippen LogP contribution in [-0.4, -0.2) is 17.9 Å². The zero-order valence-electron chi connectivity index (χ0n) is 15.9. The fourth-order valence-electron chi connectivity index (χ4n) is 4.25. The van der Waals surface area contributed by atoms with Crippen molar-refractivity contribution in [3.63, 3.8) is 0 Å². The number of rotatable bonds is 5. The summed E-state index contributed by atoms with van der Waals surface area (Å²) in [5.41, 5.74) is 1.74. The third kappa shape index (κ3) is 5.09. The lowest BCUT2D eigenvalue weighted by Crippen LogP contribution is -2.41. The topological polar surface area (TPSA) is 58.2 Å². The average Bonchev–Trinajstić information content (AvgIpc) is 2.69. The summed E-state index contributed by atoms with van der Waals surface area (Å²) >= 11 is 0. The van der Waals surface area contributed by atoms with Crippen molar-refractivity contribution in [2.24, 2.45) is 11.8 Å². The molecule has 0 bridgehead atoms. The van der Waals surface area contributed by atoms with Crippen molar-refractivity contribution in [3.8, 4) is 0 Å². The Morgan fingerprint density at radius 1 is 0.923 bits per heavy atom. The predicted octanol–water partition coefficient (Wildman–Crippen LogP) is 4.19. The molecule has 0 aliphatic heterocycles. The Hall–Kier alpha value is -1.84. The summed E-state index contributed by atoms with van der Waals surface area (Å²) in [5, 5.41) is 6.24. The Labute approximate surface area is 157 Å². The molecule has 0 spiro atoms. The SMILES string of the molecule is CC1CCCCC1NC(=O)c1ccc(CNC(=O)C2CCCCC2)cc1. The molecule has 3 rings (SSSR count). The standard InChI is InChI=1S/C22H32N2O2/c1-16-7-5-6-10-20(16)24-22(26)19-13-11-17(12-14-19)15-23-21(25)18-8-3-2-4-9-18/h11-14,16,18,20H,2-10,15H2,1H3,(H,23,25)(H,24,26). The molecule has 2 aliphatic carbocycles. The molecule has 2 aliphatic rings. The maximum atomic E-state index is 12.5. The van der Waals surface area contributed by atoms with E-state index in [-0.39, 0.29) is 17.7 Å². The zero-order valence-corrected chi connectivity index (χ0v) is 15.9. The molecule has 0 saturated heterocycles. The molecule has 1 aromatic carbocycles. The van der Waals surface area contributed by atoms with Gasteiger partial charge in [-0.3, -0.25) is 9.59 Å². The van der Waals surface area contributed by atoms with Gasteiger partial charge >= 0.3 is 0 Å². The molecular weight excluding hydrogens is 324 g/mol. The van der Waals surface area contributed by atoms with Crippen molar-refractivity contribution in [3.05, 3.63) is 35.4 Å². The van der Waals surface area contributed by atoms with E-state index in [1.54, 1.807) is 0 Å². The number of benzene rings is 1. The summed E-state index contributed by atoms with van der Waals surface area (Å²) < 4.78 is 0. The van der Waals surface area contributed by atoms with E-state index >= 15 is 0 Å². The Bertz CT molecular complexity index is 605. The van der Waals surface area contributed by atoms with Crippen molar-refractivity contribution < 1.29 is 9.59 Å². The highest BCUT2D eigenvalue weighted by Gasteiger charge is 2.23. The van der Waals surface area contributed by atoms with Gasteiger partial charge in [0, 0.05) is 24.1 Å². The molecular formula is C22H32N2O2. The predicted molar refractivity (Wildman–Crippen MR) is 104 cm³/mol. The van der Waals surface area contributed by atoms with Crippen molar-refractivity contribution in [2.45, 2.75) is 77.3 Å². The Morgan fingerprint density at radius 3 is 2.27 bits per heavy atom. The third-order valence-electron chi connectivity index (χ3n) is 6.09. The molecule has 0 aromatic heterocycles. The maximum Gasteiger partial charge on any atom is 0.251 e. The van der Waals surface area contributed by atoms with E-state index in [1.807, 2.05) is 24.3 Å². The Morgan fingerprint density at radius 2 is 1.58 bits per heavy atom. The summed E-state index contributed by atoms with van der Waals surface area (Å²) in [4.78, 5) is 24.7. The van der Waals surface area contributed by atoms with Crippen LogP contribution in [0.2, 0.25) is 0 Å². The van der Waals surface area contributed by atoms with Crippen LogP contribution >= 0.6 is 0 Å². The van der Waals surface area contributed by atoms with Crippen LogP contribution in [0, 0.1) is 11.8 Å². The highest BCUT2D eigenvalue weighted by molar-refractivity contribution is 5.94. The smallest absolute Gasteiger partial charge is 0.251 e. The first-order valence-electron chi connectivity index (χ1n) is 10.3. The molecule has 2 amide bonds. The first-order chi connectivity index (χ1) is 12.6. The largest absolute Gasteiger partial charge is 0.352 e. The first kappa shape index (κ1) is 18.9. The Balaban J connectivity index is 1.48. The number of hydrogen-bond acceptors (Lipinski definition) is 2. The summed E-state index contributed by atoms with van der Waals surface area (Å²) in [7, 11) is 0. The molecule has 1 aromatic rings. The second-order valence-electron chi connectivity index (χ2n) is 8.09. The second kappa shape index (κ2) is 9.20. The molecule has 142 valence electrons. The number of carbonyl (C=O) groups is 2. The van der Waals surface area contributed by atoms with Crippen LogP contribution in [0.25, 0.3) is 0 Å². The van der Waals surface area contributed by atoms with Gasteiger partial charge in [-0.25, -0.2) is 0 Å². The fraction of sp³-hybridized carbons (Fsp3) is 0.636. The van der Waals surface area contributed by atoms with Gasteiger partial charge in [-0.1, -0.05) is 51.2 Å². The molecule has 26 heavy (non-hydrogen) atoms. The molecule has 4 nitrogen and oxygen atoms in total. The second-order valence-corrected chi connectivity index (χ2v) is 8.09. The summed E-state index contributed by atoms with van der Waals surface area (Å²) in [5.74, 6) is 0.938. The summed E-state index contributed by atoms with van der Waals surface area (Å²) in [6, 6.07) is 7.92. The van der Waals surface area contributed by atoms with Crippen LogP contribution in [0.3, 0.4) is 0 Å². The van der Waals surface area contributed by atoms with Crippen LogP contribution in [0.5, 0.6) is 0 Å². The zero-order chi connectivity index (χ0) is 18.4. The molecule has 4 heteroatoms. The van der Waals surface area contributed by atoms with Gasteiger partial charge in [0.1, 0.15) is 0 Å². The van der Waals surface area contributed by atoms with Gasteiger partial charge in [0.2, 0.25) is 5.91 Å². The lowest BCUT2D eigenvalue weighted by Gasteiger charge is -2.29. The van der Waals surface area contributed by atoms with Crippen LogP contribution < -0.4 is 10.6 Å². The molecule has 2 N–H and O–H groups in total. The molecule has 0 radical (unpaired) electrons. The van der Waals surface area contributed by atoms with E-state index < -0.39 is 0 Å². The third-order valence-corrected chi connectivity index (χ3v) is 6.09. The lowest BCUT2D eigenvalue weighted by molar-refractivity contribution is -0.126. The van der Waals surface area contributed by atoms with Gasteiger partial charge in [0.25, 0.3) is 5.91 Å². The van der Waals surface area contributed by atoms with Gasteiger partial charge in [-0.15, -0.1) is 0 Å². The van der Waals surface area contributed by atoms with Crippen LogP contribution in [0.15, 0.2) is 24.3 Å². The molecule has 2 atom stereocenters. The lowest BCUT2D eigenvalue weighted by atomic mass is 9.86. The van der Waals surface area contributed by atoms with E-state index in [2.05, 4.69) is 17.6 Å². The fourth-order valence-corrected chi connectivity index (χ4v) is 4.25. The van der Waals surface area contributed by atoms with Crippen LogP contribution in [0.1, 0.15) is 80.6 Å². The maximum absolute atomic E-state index is 12.5. The van der Waals surface area contributed by atoms with Gasteiger partial charge in [0.15, 0.2) is 0 Å². The van der Waals surface area contributed by atoms with Crippen molar-refractivity contribution in [1.82, 2.24) is 10.6 Å². The summed E-state index contributed by atoms with van der Waals surface area (Å²) in [6.45, 7) is 2.76. The number of carbonyl (C=O) groups excluding carboxylic acids is 2. The van der Waals surface area contributed by atoms with Crippen LogP contribution in [0.4, 0.5) is 0 Å². The van der Waals surface area contributed by atoms with E-state index in [4.69, 9.17) is 0 Å². The number of nitrogens with one attached hydrogen (secondary N) is 2. The molecule has 2 fully saturated rings. The highest BCUT2D eigenvalue weighted by atomic mass is 16.2. The minimum absolute atomic E-state index is 0.0153. The molecule has 0 heterocycles. The molecule has 2 saturated carbocycles. The van der Waals surface area contributed by atoms with E-state index in [0.29, 0.717) is 24.1 Å². The van der Waals surface area contributed by atoms with Crippen LogP contribution in [-0.2, 0) is 11.3 Å². The van der Waals surface area contributed by atoms with Gasteiger partial charge in [-0.05, 0) is 49.3 Å².